The normalized spacial score (nSPS) is 39.2. The van der Waals surface area contributed by atoms with Crippen LogP contribution in [0.4, 0.5) is 5.69 Å². The lowest BCUT2D eigenvalue weighted by molar-refractivity contribution is -0.117. The highest BCUT2D eigenvalue weighted by Crippen LogP contribution is 2.67. The number of halogens is 2. The topological polar surface area (TPSA) is 42.0 Å². The molecule has 3 aliphatic rings. The van der Waals surface area contributed by atoms with E-state index >= 15 is 0 Å². The Morgan fingerprint density at radius 3 is 2.24 bits per heavy atom. The Labute approximate surface area is 134 Å². The van der Waals surface area contributed by atoms with Crippen molar-refractivity contribution in [3.05, 3.63) is 24.5 Å². The van der Waals surface area contributed by atoms with Crippen LogP contribution in [-0.4, -0.2) is 15.2 Å². The number of rotatable bonds is 2. The molecule has 4 atom stereocenters. The van der Waals surface area contributed by atoms with E-state index in [0.29, 0.717) is 23.7 Å². The lowest BCUT2D eigenvalue weighted by Crippen LogP contribution is -2.15. The molecular formula is C16H18Cl2N2O. The van der Waals surface area contributed by atoms with Crippen LogP contribution < -0.4 is 5.32 Å². The third-order valence-electron chi connectivity index (χ3n) is 5.57. The summed E-state index contributed by atoms with van der Waals surface area (Å²) in [6, 6.07) is 3.65. The molecule has 4 rings (SSSR count). The lowest BCUT2D eigenvalue weighted by atomic mass is 10.0. The van der Waals surface area contributed by atoms with Crippen molar-refractivity contribution in [3.63, 3.8) is 0 Å². The van der Waals surface area contributed by atoms with E-state index in [1.807, 2.05) is 12.1 Å². The molecule has 1 aromatic rings. The van der Waals surface area contributed by atoms with E-state index in [9.17, 15) is 4.79 Å². The predicted octanol–water partition coefficient (Wildman–Crippen LogP) is 3.88. The van der Waals surface area contributed by atoms with Crippen molar-refractivity contribution >= 4 is 34.8 Å². The van der Waals surface area contributed by atoms with Crippen LogP contribution in [0.3, 0.4) is 0 Å². The number of hydrogen-bond acceptors (Lipinski definition) is 2. The van der Waals surface area contributed by atoms with Crippen molar-refractivity contribution in [3.8, 4) is 0 Å². The van der Waals surface area contributed by atoms with Crippen LogP contribution in [0.25, 0.3) is 0 Å². The van der Waals surface area contributed by atoms with Gasteiger partial charge in [-0.15, -0.1) is 23.2 Å². The number of anilines is 1. The molecule has 112 valence electrons. The van der Waals surface area contributed by atoms with Crippen molar-refractivity contribution in [2.24, 2.45) is 29.6 Å². The lowest BCUT2D eigenvalue weighted by Gasteiger charge is -2.04. The van der Waals surface area contributed by atoms with Crippen molar-refractivity contribution in [2.45, 2.75) is 30.0 Å². The minimum absolute atomic E-state index is 0.162. The summed E-state index contributed by atoms with van der Waals surface area (Å²) in [4.78, 5) is 16.4. The van der Waals surface area contributed by atoms with E-state index in [1.54, 1.807) is 12.4 Å². The Balaban J connectivity index is 1.38. The highest BCUT2D eigenvalue weighted by Gasteiger charge is 2.65. The summed E-state index contributed by atoms with van der Waals surface area (Å²) < 4.78 is -0.481. The number of aromatic nitrogens is 1. The van der Waals surface area contributed by atoms with Crippen molar-refractivity contribution < 1.29 is 4.79 Å². The molecule has 3 aliphatic carbocycles. The highest BCUT2D eigenvalue weighted by molar-refractivity contribution is 6.51. The Kier molecular flexibility index (Phi) is 3.20. The zero-order chi connectivity index (χ0) is 14.6. The van der Waals surface area contributed by atoms with Crippen molar-refractivity contribution in [2.75, 3.05) is 5.32 Å². The van der Waals surface area contributed by atoms with Gasteiger partial charge in [-0.3, -0.25) is 9.78 Å². The second-order valence-corrected chi connectivity index (χ2v) is 8.07. The summed E-state index contributed by atoms with van der Waals surface area (Å²) in [6.07, 6.45) is 7.69. The van der Waals surface area contributed by atoms with Gasteiger partial charge >= 0.3 is 0 Å². The number of carbonyl (C=O) groups excluding carboxylic acids is 1. The molecule has 3 fully saturated rings. The van der Waals surface area contributed by atoms with Gasteiger partial charge < -0.3 is 5.32 Å². The van der Waals surface area contributed by atoms with Gasteiger partial charge in [-0.25, -0.2) is 0 Å². The van der Waals surface area contributed by atoms with Gasteiger partial charge in [-0.05, 0) is 61.5 Å². The minimum atomic E-state index is -0.481. The molecule has 1 aromatic heterocycles. The predicted molar refractivity (Wildman–Crippen MR) is 83.2 cm³/mol. The van der Waals surface area contributed by atoms with Crippen LogP contribution in [0.2, 0.25) is 0 Å². The summed E-state index contributed by atoms with van der Waals surface area (Å²) in [5, 5.41) is 3.01. The maximum atomic E-state index is 12.4. The summed E-state index contributed by atoms with van der Waals surface area (Å²) >= 11 is 12.6. The summed E-state index contributed by atoms with van der Waals surface area (Å²) in [7, 11) is 0. The van der Waals surface area contributed by atoms with Crippen LogP contribution >= 0.6 is 23.2 Å². The van der Waals surface area contributed by atoms with Gasteiger partial charge in [0.1, 0.15) is 4.33 Å². The number of hydrogen-bond donors (Lipinski definition) is 1. The molecular weight excluding hydrogens is 307 g/mol. The average Bonchev–Trinajstić information content (AvgIpc) is 3.24. The SMILES string of the molecule is O=C(Nc1ccncc1)C1C2CCC3C(CCC21)C3(Cl)Cl. The monoisotopic (exact) mass is 324 g/mol. The van der Waals surface area contributed by atoms with Crippen LogP contribution in [0, 0.1) is 29.6 Å². The number of nitrogens with one attached hydrogen (secondary N) is 1. The van der Waals surface area contributed by atoms with Gasteiger partial charge in [0, 0.05) is 24.0 Å². The van der Waals surface area contributed by atoms with Crippen LogP contribution in [0.1, 0.15) is 25.7 Å². The van der Waals surface area contributed by atoms with E-state index in [4.69, 9.17) is 23.2 Å². The van der Waals surface area contributed by atoms with Gasteiger partial charge in [0.25, 0.3) is 0 Å². The average molecular weight is 325 g/mol. The maximum Gasteiger partial charge on any atom is 0.228 e. The second-order valence-electron chi connectivity index (χ2n) is 6.62. The summed E-state index contributed by atoms with van der Waals surface area (Å²) in [5.74, 6) is 2.29. The molecule has 0 spiro atoms. The Morgan fingerprint density at radius 1 is 1.10 bits per heavy atom. The number of fused-ring (bicyclic) bond motifs is 2. The number of amides is 1. The van der Waals surface area contributed by atoms with Gasteiger partial charge in [-0.2, -0.15) is 0 Å². The molecule has 0 radical (unpaired) electrons. The fraction of sp³-hybridized carbons (Fsp3) is 0.625. The number of nitrogens with zero attached hydrogens (tertiary/aromatic N) is 1. The largest absolute Gasteiger partial charge is 0.326 e. The first-order chi connectivity index (χ1) is 10.1. The molecule has 4 unspecified atom stereocenters. The Bertz CT molecular complexity index is 541. The molecule has 0 bridgehead atoms. The van der Waals surface area contributed by atoms with Crippen molar-refractivity contribution in [1.82, 2.24) is 4.98 Å². The third-order valence-corrected chi connectivity index (χ3v) is 6.69. The maximum absolute atomic E-state index is 12.4. The molecule has 3 saturated carbocycles. The standard InChI is InChI=1S/C16H18Cl2N2O/c17-16(18)12-3-1-10-11(2-4-13(12)16)14(10)15(21)20-9-5-7-19-8-6-9/h5-8,10-14H,1-4H2,(H,19,20,21). The van der Waals surface area contributed by atoms with E-state index in [1.165, 1.54) is 0 Å². The molecule has 0 aliphatic heterocycles. The van der Waals surface area contributed by atoms with Crippen LogP contribution in [0.15, 0.2) is 24.5 Å². The first-order valence-electron chi connectivity index (χ1n) is 7.67. The molecule has 1 amide bonds. The summed E-state index contributed by atoms with van der Waals surface area (Å²) in [5.41, 5.74) is 0.831. The Hall–Kier alpha value is -0.800. The zero-order valence-corrected chi connectivity index (χ0v) is 13.1. The van der Waals surface area contributed by atoms with Crippen LogP contribution in [-0.2, 0) is 4.79 Å². The quantitative estimate of drug-likeness (QED) is 0.839. The highest BCUT2D eigenvalue weighted by atomic mass is 35.5. The number of alkyl halides is 2. The second kappa shape index (κ2) is 4.85. The molecule has 21 heavy (non-hydrogen) atoms. The fourth-order valence-electron chi connectivity index (χ4n) is 4.27. The third kappa shape index (κ3) is 2.35. The van der Waals surface area contributed by atoms with E-state index in [2.05, 4.69) is 10.3 Å². The molecule has 0 aromatic carbocycles. The van der Waals surface area contributed by atoms with Crippen LogP contribution in [0.5, 0.6) is 0 Å². The molecule has 1 heterocycles. The molecule has 3 nitrogen and oxygen atoms in total. The fourth-order valence-corrected chi connectivity index (χ4v) is 5.19. The summed E-state index contributed by atoms with van der Waals surface area (Å²) in [6.45, 7) is 0. The Morgan fingerprint density at radius 2 is 1.67 bits per heavy atom. The van der Waals surface area contributed by atoms with Gasteiger partial charge in [-0.1, -0.05) is 0 Å². The van der Waals surface area contributed by atoms with E-state index < -0.39 is 4.33 Å². The van der Waals surface area contributed by atoms with E-state index in [-0.39, 0.29) is 11.8 Å². The number of carbonyl (C=O) groups is 1. The van der Waals surface area contributed by atoms with Crippen molar-refractivity contribution in [1.29, 1.82) is 0 Å². The van der Waals surface area contributed by atoms with Gasteiger partial charge in [0.05, 0.1) is 0 Å². The van der Waals surface area contributed by atoms with Gasteiger partial charge in [0.2, 0.25) is 5.91 Å². The first kappa shape index (κ1) is 13.8. The van der Waals surface area contributed by atoms with E-state index in [0.717, 1.165) is 31.4 Å². The first-order valence-corrected chi connectivity index (χ1v) is 8.43. The molecule has 5 heteroatoms. The van der Waals surface area contributed by atoms with Gasteiger partial charge in [0.15, 0.2) is 0 Å². The molecule has 0 saturated heterocycles. The smallest absolute Gasteiger partial charge is 0.228 e. The number of pyridine rings is 1. The zero-order valence-electron chi connectivity index (χ0n) is 11.6. The minimum Gasteiger partial charge on any atom is -0.326 e. The molecule has 1 N–H and O–H groups in total.